The third-order valence-electron chi connectivity index (χ3n) is 3.41. The maximum Gasteiger partial charge on any atom is 0.254 e. The van der Waals surface area contributed by atoms with Crippen molar-refractivity contribution in [2.24, 2.45) is 5.73 Å². The molecule has 1 aromatic rings. The molecule has 1 aliphatic rings. The number of carbonyl (C=O) groups is 1. The van der Waals surface area contributed by atoms with Crippen molar-refractivity contribution in [1.29, 1.82) is 0 Å². The fourth-order valence-electron chi connectivity index (χ4n) is 2.29. The van der Waals surface area contributed by atoms with E-state index in [0.717, 1.165) is 26.1 Å². The number of carbonyl (C=O) groups excluding carboxylic acids is 1. The van der Waals surface area contributed by atoms with E-state index in [1.807, 2.05) is 0 Å². The van der Waals surface area contributed by atoms with E-state index >= 15 is 0 Å². The maximum atomic E-state index is 13.1. The minimum atomic E-state index is -0.368. The van der Waals surface area contributed by atoms with Crippen LogP contribution in [0.5, 0.6) is 0 Å². The van der Waals surface area contributed by atoms with E-state index in [9.17, 15) is 9.18 Å². The summed E-state index contributed by atoms with van der Waals surface area (Å²) < 4.78 is 13.1. The molecule has 19 heavy (non-hydrogen) atoms. The van der Waals surface area contributed by atoms with E-state index in [1.165, 1.54) is 12.1 Å². The largest absolute Gasteiger partial charge is 0.336 e. The van der Waals surface area contributed by atoms with Gasteiger partial charge in [-0.3, -0.25) is 9.69 Å². The van der Waals surface area contributed by atoms with Gasteiger partial charge >= 0.3 is 0 Å². The molecule has 2 N–H and O–H groups in total. The molecule has 4 nitrogen and oxygen atoms in total. The normalized spacial score (nSPS) is 16.6. The van der Waals surface area contributed by atoms with E-state index in [1.54, 1.807) is 17.0 Å². The van der Waals surface area contributed by atoms with Gasteiger partial charge in [0.2, 0.25) is 0 Å². The molecule has 104 valence electrons. The monoisotopic (exact) mass is 265 g/mol. The van der Waals surface area contributed by atoms with Gasteiger partial charge in [0.25, 0.3) is 5.91 Å². The first-order valence-electron chi connectivity index (χ1n) is 6.68. The van der Waals surface area contributed by atoms with Gasteiger partial charge in [-0.1, -0.05) is 6.07 Å². The number of nitrogens with two attached hydrogens (primary N) is 1. The summed E-state index contributed by atoms with van der Waals surface area (Å²) in [5, 5.41) is 0. The average molecular weight is 265 g/mol. The Labute approximate surface area is 113 Å². The molecule has 0 aromatic heterocycles. The molecule has 0 saturated carbocycles. The lowest BCUT2D eigenvalue weighted by molar-refractivity contribution is 0.0636. The predicted molar refractivity (Wildman–Crippen MR) is 72.4 cm³/mol. The average Bonchev–Trinajstić information content (AvgIpc) is 2.45. The van der Waals surface area contributed by atoms with Crippen LogP contribution in [-0.2, 0) is 0 Å². The smallest absolute Gasteiger partial charge is 0.254 e. The number of rotatable bonds is 4. The maximum absolute atomic E-state index is 13.1. The second-order valence-electron chi connectivity index (χ2n) is 4.79. The lowest BCUT2D eigenvalue weighted by Crippen LogP contribution is -2.49. The number of halogens is 1. The summed E-state index contributed by atoms with van der Waals surface area (Å²) in [5.74, 6) is -0.453. The van der Waals surface area contributed by atoms with Crippen LogP contribution < -0.4 is 5.73 Å². The van der Waals surface area contributed by atoms with Crippen LogP contribution >= 0.6 is 0 Å². The van der Waals surface area contributed by atoms with Crippen molar-refractivity contribution < 1.29 is 9.18 Å². The number of nitrogens with zero attached hydrogens (tertiary/aromatic N) is 2. The molecule has 0 bridgehead atoms. The summed E-state index contributed by atoms with van der Waals surface area (Å²) in [5.41, 5.74) is 5.91. The highest BCUT2D eigenvalue weighted by molar-refractivity contribution is 5.94. The fraction of sp³-hybridized carbons (Fsp3) is 0.500. The quantitative estimate of drug-likeness (QED) is 0.881. The van der Waals surface area contributed by atoms with Crippen molar-refractivity contribution >= 4 is 5.91 Å². The highest BCUT2D eigenvalue weighted by Crippen LogP contribution is 2.10. The van der Waals surface area contributed by atoms with Gasteiger partial charge in [-0.15, -0.1) is 0 Å². The summed E-state index contributed by atoms with van der Waals surface area (Å²) in [6, 6.07) is 5.87. The molecule has 1 fully saturated rings. The fourth-order valence-corrected chi connectivity index (χ4v) is 2.29. The van der Waals surface area contributed by atoms with Crippen molar-refractivity contribution in [3.05, 3.63) is 35.6 Å². The Balaban J connectivity index is 1.89. The Bertz CT molecular complexity index is 430. The minimum absolute atomic E-state index is 0.0852. The first kappa shape index (κ1) is 14.0. The van der Waals surface area contributed by atoms with Crippen molar-refractivity contribution in [3.63, 3.8) is 0 Å². The molecule has 0 atom stereocenters. The van der Waals surface area contributed by atoms with Crippen LogP contribution in [0.4, 0.5) is 4.39 Å². The zero-order valence-electron chi connectivity index (χ0n) is 11.0. The van der Waals surface area contributed by atoms with Gasteiger partial charge in [0, 0.05) is 31.7 Å². The highest BCUT2D eigenvalue weighted by Gasteiger charge is 2.21. The molecule has 1 amide bonds. The van der Waals surface area contributed by atoms with Crippen LogP contribution in [0.3, 0.4) is 0 Å². The Morgan fingerprint density at radius 2 is 2.00 bits per heavy atom. The summed E-state index contributed by atoms with van der Waals surface area (Å²) in [4.78, 5) is 16.3. The van der Waals surface area contributed by atoms with Crippen molar-refractivity contribution in [1.82, 2.24) is 9.80 Å². The third-order valence-corrected chi connectivity index (χ3v) is 3.41. The molecule has 1 aromatic carbocycles. The lowest BCUT2D eigenvalue weighted by atomic mass is 10.1. The van der Waals surface area contributed by atoms with Gasteiger partial charge < -0.3 is 10.6 Å². The van der Waals surface area contributed by atoms with Crippen LogP contribution in [0.2, 0.25) is 0 Å². The van der Waals surface area contributed by atoms with Gasteiger partial charge in [-0.25, -0.2) is 4.39 Å². The third kappa shape index (κ3) is 3.75. The zero-order chi connectivity index (χ0) is 13.7. The summed E-state index contributed by atoms with van der Waals surface area (Å²) in [6.45, 7) is 4.79. The van der Waals surface area contributed by atoms with E-state index in [4.69, 9.17) is 5.73 Å². The summed E-state index contributed by atoms with van der Waals surface area (Å²) in [6.07, 6.45) is 0.984. The first-order valence-corrected chi connectivity index (χ1v) is 6.68. The molecule has 1 saturated heterocycles. The number of hydrogen-bond acceptors (Lipinski definition) is 3. The van der Waals surface area contributed by atoms with Gasteiger partial charge in [-0.2, -0.15) is 0 Å². The molecule has 5 heteroatoms. The minimum Gasteiger partial charge on any atom is -0.336 e. The van der Waals surface area contributed by atoms with Crippen LogP contribution in [0.15, 0.2) is 24.3 Å². The molecular weight excluding hydrogens is 245 g/mol. The Morgan fingerprint density at radius 1 is 1.26 bits per heavy atom. The van der Waals surface area contributed by atoms with E-state index < -0.39 is 0 Å². The number of benzene rings is 1. The number of hydrogen-bond donors (Lipinski definition) is 1. The Hall–Kier alpha value is -1.46. The first-order chi connectivity index (χ1) is 9.20. The Kier molecular flexibility index (Phi) is 4.87. The van der Waals surface area contributed by atoms with Gasteiger partial charge in [0.1, 0.15) is 5.82 Å². The molecule has 0 unspecified atom stereocenters. The standard InChI is InChI=1S/C14H20FN3O/c15-13-4-1-3-12(11-13)14(19)18-9-7-17(8-10-18)6-2-5-16/h1,3-4,11H,2,5-10,16H2. The van der Waals surface area contributed by atoms with E-state index in [2.05, 4.69) is 4.90 Å². The van der Waals surface area contributed by atoms with Gasteiger partial charge in [-0.05, 0) is 37.7 Å². The number of amides is 1. The van der Waals surface area contributed by atoms with Crippen molar-refractivity contribution in [2.45, 2.75) is 6.42 Å². The molecule has 1 heterocycles. The van der Waals surface area contributed by atoms with Gasteiger partial charge in [0.15, 0.2) is 0 Å². The molecule has 1 aliphatic heterocycles. The zero-order valence-corrected chi connectivity index (χ0v) is 11.0. The van der Waals surface area contributed by atoms with Crippen molar-refractivity contribution in [3.8, 4) is 0 Å². The Morgan fingerprint density at radius 3 is 2.63 bits per heavy atom. The van der Waals surface area contributed by atoms with Crippen LogP contribution in [-0.4, -0.2) is 55.0 Å². The SMILES string of the molecule is NCCCN1CCN(C(=O)c2cccc(F)c2)CC1. The predicted octanol–water partition coefficient (Wildman–Crippen LogP) is 0.932. The van der Waals surface area contributed by atoms with Crippen LogP contribution in [0.1, 0.15) is 16.8 Å². The van der Waals surface area contributed by atoms with E-state index in [-0.39, 0.29) is 11.7 Å². The molecule has 0 spiro atoms. The highest BCUT2D eigenvalue weighted by atomic mass is 19.1. The van der Waals surface area contributed by atoms with Gasteiger partial charge in [0.05, 0.1) is 0 Å². The van der Waals surface area contributed by atoms with Crippen molar-refractivity contribution in [2.75, 3.05) is 39.3 Å². The molecule has 0 radical (unpaired) electrons. The summed E-state index contributed by atoms with van der Waals surface area (Å²) >= 11 is 0. The van der Waals surface area contributed by atoms with E-state index in [0.29, 0.717) is 25.2 Å². The second-order valence-corrected chi connectivity index (χ2v) is 4.79. The number of piperazine rings is 1. The topological polar surface area (TPSA) is 49.6 Å². The van der Waals surface area contributed by atoms with Crippen LogP contribution in [0.25, 0.3) is 0 Å². The van der Waals surface area contributed by atoms with Crippen LogP contribution in [0, 0.1) is 5.82 Å². The second kappa shape index (κ2) is 6.63. The molecule has 2 rings (SSSR count). The summed E-state index contributed by atoms with van der Waals surface area (Å²) in [7, 11) is 0. The molecule has 0 aliphatic carbocycles. The lowest BCUT2D eigenvalue weighted by Gasteiger charge is -2.34. The molecular formula is C14H20FN3O.